The summed E-state index contributed by atoms with van der Waals surface area (Å²) in [4.78, 5) is 12.3. The molecule has 0 spiro atoms. The first-order chi connectivity index (χ1) is 8.56. The maximum atomic E-state index is 12.3. The molecule has 1 unspecified atom stereocenters. The highest BCUT2D eigenvalue weighted by Gasteiger charge is 2.51. The van der Waals surface area contributed by atoms with Gasteiger partial charge in [-0.15, -0.1) is 0 Å². The van der Waals surface area contributed by atoms with Crippen LogP contribution in [0.15, 0.2) is 0 Å². The zero-order valence-electron chi connectivity index (χ0n) is 12.1. The lowest BCUT2D eigenvalue weighted by Crippen LogP contribution is -2.57. The minimum atomic E-state index is -0.440. The number of ether oxygens (including phenoxy) is 1. The molecule has 1 atom stereocenters. The number of nitrogens with one attached hydrogen (secondary N) is 1. The molecule has 0 radical (unpaired) electrons. The highest BCUT2D eigenvalue weighted by Crippen LogP contribution is 2.42. The quantitative estimate of drug-likeness (QED) is 0.656. The Labute approximate surface area is 115 Å². The van der Waals surface area contributed by atoms with E-state index in [9.17, 15) is 4.79 Å². The Morgan fingerprint density at radius 1 is 1.44 bits per heavy atom. The van der Waals surface area contributed by atoms with E-state index in [1.165, 1.54) is 0 Å². The molecule has 1 N–H and O–H groups in total. The fourth-order valence-corrected chi connectivity index (χ4v) is 3.58. The van der Waals surface area contributed by atoms with Gasteiger partial charge in [-0.05, 0) is 43.9 Å². The van der Waals surface area contributed by atoms with Gasteiger partial charge in [0, 0.05) is 5.75 Å². The molecule has 1 aliphatic rings. The molecule has 0 aromatic rings. The maximum absolute atomic E-state index is 12.3. The van der Waals surface area contributed by atoms with E-state index in [0.29, 0.717) is 18.4 Å². The van der Waals surface area contributed by atoms with Crippen molar-refractivity contribution in [3.63, 3.8) is 0 Å². The van der Waals surface area contributed by atoms with Crippen LogP contribution < -0.4 is 5.32 Å². The molecular weight excluding hydrogens is 246 g/mol. The topological polar surface area (TPSA) is 38.3 Å². The lowest BCUT2D eigenvalue weighted by molar-refractivity contribution is -0.151. The smallest absolute Gasteiger partial charge is 0.327 e. The van der Waals surface area contributed by atoms with Gasteiger partial charge in [-0.1, -0.05) is 20.8 Å². The highest BCUT2D eigenvalue weighted by atomic mass is 32.2. The van der Waals surface area contributed by atoms with Gasteiger partial charge >= 0.3 is 5.97 Å². The normalized spacial score (nSPS) is 18.7. The largest absolute Gasteiger partial charge is 0.465 e. The van der Waals surface area contributed by atoms with Gasteiger partial charge in [0.1, 0.15) is 5.54 Å². The van der Waals surface area contributed by atoms with E-state index in [0.717, 1.165) is 30.9 Å². The van der Waals surface area contributed by atoms with E-state index >= 15 is 0 Å². The monoisotopic (exact) mass is 273 g/mol. The Hall–Kier alpha value is -0.220. The van der Waals surface area contributed by atoms with E-state index < -0.39 is 5.54 Å². The van der Waals surface area contributed by atoms with Crippen LogP contribution in [-0.2, 0) is 9.53 Å². The third kappa shape index (κ3) is 4.16. The van der Waals surface area contributed by atoms with Gasteiger partial charge in [0.15, 0.2) is 0 Å². The number of thioether (sulfide) groups is 1. The summed E-state index contributed by atoms with van der Waals surface area (Å²) in [6.07, 6.45) is 2.29. The standard InChI is InChI=1S/C14H27NO2S/c1-5-15-14(12-7-8-12,13(16)17-6-2)10-18-9-11(3)4/h11-12,15H,5-10H2,1-4H3. The number of hydrogen-bond acceptors (Lipinski definition) is 4. The van der Waals surface area contributed by atoms with Gasteiger partial charge in [-0.25, -0.2) is 0 Å². The summed E-state index contributed by atoms with van der Waals surface area (Å²) in [5, 5.41) is 3.42. The van der Waals surface area contributed by atoms with E-state index in [4.69, 9.17) is 4.74 Å². The van der Waals surface area contributed by atoms with Crippen LogP contribution in [0.1, 0.15) is 40.5 Å². The zero-order valence-corrected chi connectivity index (χ0v) is 12.9. The fourth-order valence-electron chi connectivity index (χ4n) is 2.22. The van der Waals surface area contributed by atoms with Crippen LogP contribution >= 0.6 is 11.8 Å². The summed E-state index contributed by atoms with van der Waals surface area (Å²) >= 11 is 1.87. The fraction of sp³-hybridized carbons (Fsp3) is 0.929. The van der Waals surface area contributed by atoms with E-state index in [2.05, 4.69) is 26.1 Å². The van der Waals surface area contributed by atoms with Crippen molar-refractivity contribution in [1.82, 2.24) is 5.32 Å². The molecular formula is C14H27NO2S. The zero-order chi connectivity index (χ0) is 13.6. The molecule has 1 rings (SSSR count). The van der Waals surface area contributed by atoms with Crippen LogP contribution in [0.4, 0.5) is 0 Å². The van der Waals surface area contributed by atoms with Gasteiger partial charge in [-0.2, -0.15) is 11.8 Å². The van der Waals surface area contributed by atoms with Crippen molar-refractivity contribution in [1.29, 1.82) is 0 Å². The molecule has 0 amide bonds. The lowest BCUT2D eigenvalue weighted by atomic mass is 9.95. The number of carbonyl (C=O) groups excluding carboxylic acids is 1. The second kappa shape index (κ2) is 7.39. The number of hydrogen-bond donors (Lipinski definition) is 1. The van der Waals surface area contributed by atoms with Crippen molar-refractivity contribution in [2.24, 2.45) is 11.8 Å². The molecule has 1 saturated carbocycles. The Morgan fingerprint density at radius 3 is 2.56 bits per heavy atom. The van der Waals surface area contributed by atoms with E-state index in [1.807, 2.05) is 18.7 Å². The molecule has 0 aromatic heterocycles. The minimum Gasteiger partial charge on any atom is -0.465 e. The van der Waals surface area contributed by atoms with E-state index in [-0.39, 0.29) is 5.97 Å². The molecule has 1 aliphatic carbocycles. The number of carbonyl (C=O) groups is 1. The molecule has 0 aliphatic heterocycles. The van der Waals surface area contributed by atoms with Crippen LogP contribution in [0.2, 0.25) is 0 Å². The SMILES string of the molecule is CCNC(CSCC(C)C)(C(=O)OCC)C1CC1. The Balaban J connectivity index is 2.67. The van der Waals surface area contributed by atoms with E-state index in [1.54, 1.807) is 0 Å². The molecule has 106 valence electrons. The highest BCUT2D eigenvalue weighted by molar-refractivity contribution is 7.99. The molecule has 1 fully saturated rings. The van der Waals surface area contributed by atoms with Crippen molar-refractivity contribution < 1.29 is 9.53 Å². The van der Waals surface area contributed by atoms with Gasteiger partial charge in [0.2, 0.25) is 0 Å². The van der Waals surface area contributed by atoms with Gasteiger partial charge in [0.05, 0.1) is 6.61 Å². The maximum Gasteiger partial charge on any atom is 0.327 e. The molecule has 18 heavy (non-hydrogen) atoms. The molecule has 0 bridgehead atoms. The number of esters is 1. The van der Waals surface area contributed by atoms with Crippen LogP contribution in [0.5, 0.6) is 0 Å². The Bertz CT molecular complexity index is 267. The molecule has 4 heteroatoms. The minimum absolute atomic E-state index is 0.0504. The predicted molar refractivity (Wildman–Crippen MR) is 77.9 cm³/mol. The van der Waals surface area contributed by atoms with Crippen molar-refractivity contribution >= 4 is 17.7 Å². The third-order valence-electron chi connectivity index (χ3n) is 3.19. The summed E-state index contributed by atoms with van der Waals surface area (Å²) in [5.41, 5.74) is -0.440. The second-order valence-corrected chi connectivity index (χ2v) is 6.44. The van der Waals surface area contributed by atoms with Crippen molar-refractivity contribution in [2.75, 3.05) is 24.7 Å². The number of likely N-dealkylation sites (N-methyl/N-ethyl adjacent to an activating group) is 1. The van der Waals surface area contributed by atoms with Gasteiger partial charge in [-0.3, -0.25) is 4.79 Å². The molecule has 0 aromatic carbocycles. The number of rotatable bonds is 9. The second-order valence-electron chi connectivity index (χ2n) is 5.41. The third-order valence-corrected chi connectivity index (χ3v) is 4.75. The summed E-state index contributed by atoms with van der Waals surface area (Å²) in [7, 11) is 0. The first-order valence-electron chi connectivity index (χ1n) is 7.06. The Kier molecular flexibility index (Phi) is 6.50. The summed E-state index contributed by atoms with van der Waals surface area (Å²) in [5.74, 6) is 3.01. The predicted octanol–water partition coefficient (Wildman–Crippen LogP) is 2.70. The summed E-state index contributed by atoms with van der Waals surface area (Å²) in [6, 6.07) is 0. The first kappa shape index (κ1) is 15.8. The van der Waals surface area contributed by atoms with Gasteiger partial charge < -0.3 is 10.1 Å². The van der Waals surface area contributed by atoms with Crippen molar-refractivity contribution in [3.8, 4) is 0 Å². The molecule has 3 nitrogen and oxygen atoms in total. The Morgan fingerprint density at radius 2 is 2.11 bits per heavy atom. The molecule has 0 saturated heterocycles. The lowest BCUT2D eigenvalue weighted by Gasteiger charge is -2.32. The van der Waals surface area contributed by atoms with Crippen molar-refractivity contribution in [2.45, 2.75) is 46.1 Å². The van der Waals surface area contributed by atoms with Crippen LogP contribution in [0, 0.1) is 11.8 Å². The summed E-state index contributed by atoms with van der Waals surface area (Å²) < 4.78 is 5.30. The van der Waals surface area contributed by atoms with Crippen LogP contribution in [0.25, 0.3) is 0 Å². The first-order valence-corrected chi connectivity index (χ1v) is 8.22. The molecule has 0 heterocycles. The van der Waals surface area contributed by atoms with Crippen molar-refractivity contribution in [3.05, 3.63) is 0 Å². The summed E-state index contributed by atoms with van der Waals surface area (Å²) in [6.45, 7) is 9.64. The van der Waals surface area contributed by atoms with Crippen LogP contribution in [0.3, 0.4) is 0 Å². The van der Waals surface area contributed by atoms with Crippen LogP contribution in [-0.4, -0.2) is 36.2 Å². The average Bonchev–Trinajstić information content (AvgIpc) is 3.11. The average molecular weight is 273 g/mol. The van der Waals surface area contributed by atoms with Gasteiger partial charge in [0.25, 0.3) is 0 Å².